The van der Waals surface area contributed by atoms with Crippen molar-refractivity contribution in [3.8, 4) is 11.5 Å². The average Bonchev–Trinajstić information content (AvgIpc) is 2.55. The summed E-state index contributed by atoms with van der Waals surface area (Å²) in [5, 5.41) is 0. The number of hydrogen-bond acceptors (Lipinski definition) is 3. The van der Waals surface area contributed by atoms with Gasteiger partial charge in [-0.25, -0.2) is 13.2 Å². The topological polar surface area (TPSA) is 38.5 Å². The number of nitrogens with zero attached hydrogens (tertiary/aromatic N) is 1. The summed E-state index contributed by atoms with van der Waals surface area (Å²) in [7, 11) is 1.69. The smallest absolute Gasteiger partial charge is 0.168 e. The Kier molecular flexibility index (Phi) is 4.63. The molecule has 1 atom stereocenters. The van der Waals surface area contributed by atoms with E-state index >= 15 is 0 Å². The van der Waals surface area contributed by atoms with E-state index in [0.29, 0.717) is 17.3 Å². The van der Waals surface area contributed by atoms with E-state index < -0.39 is 23.0 Å². The molecule has 3 rings (SSSR count). The van der Waals surface area contributed by atoms with Gasteiger partial charge in [-0.05, 0) is 36.4 Å². The highest BCUT2D eigenvalue weighted by molar-refractivity contribution is 6.22. The summed E-state index contributed by atoms with van der Waals surface area (Å²) in [5.41, 5.74) is 6.08. The number of nitrogens with two attached hydrogens (primary N) is 1. The lowest BCUT2D eigenvalue weighted by Crippen LogP contribution is -2.23. The van der Waals surface area contributed by atoms with E-state index in [4.69, 9.17) is 22.1 Å². The molecule has 0 saturated heterocycles. The zero-order valence-corrected chi connectivity index (χ0v) is 13.9. The third-order valence-corrected chi connectivity index (χ3v) is 4.10. The largest absolute Gasteiger partial charge is 0.454 e. The summed E-state index contributed by atoms with van der Waals surface area (Å²) in [4.78, 5) is 1.60. The van der Waals surface area contributed by atoms with Crippen LogP contribution >= 0.6 is 11.6 Å². The first kappa shape index (κ1) is 17.2. The third-order valence-electron chi connectivity index (χ3n) is 3.67. The van der Waals surface area contributed by atoms with E-state index in [1.54, 1.807) is 18.0 Å². The quantitative estimate of drug-likeness (QED) is 0.469. The van der Waals surface area contributed by atoms with Crippen LogP contribution in [0.5, 0.6) is 11.5 Å². The summed E-state index contributed by atoms with van der Waals surface area (Å²) in [5.74, 6) is -2.14. The number of alkyl halides is 1. The minimum Gasteiger partial charge on any atom is -0.454 e. The molecule has 0 aliphatic carbocycles. The Bertz CT molecular complexity index is 883. The molecule has 2 aromatic carbocycles. The number of likely N-dealkylation sites (N-methyl/N-ethyl adjacent to an activating group) is 1. The lowest BCUT2D eigenvalue weighted by atomic mass is 10.0. The summed E-state index contributed by atoms with van der Waals surface area (Å²) in [6, 6.07) is 7.49. The van der Waals surface area contributed by atoms with Gasteiger partial charge in [-0.3, -0.25) is 0 Å². The van der Waals surface area contributed by atoms with Gasteiger partial charge in [-0.15, -0.1) is 0 Å². The van der Waals surface area contributed by atoms with Gasteiger partial charge in [0.25, 0.3) is 0 Å². The van der Waals surface area contributed by atoms with Crippen LogP contribution in [0, 0.1) is 11.6 Å². The molecule has 0 aromatic heterocycles. The summed E-state index contributed by atoms with van der Waals surface area (Å²) < 4.78 is 46.8. The van der Waals surface area contributed by atoms with Crippen molar-refractivity contribution in [3.05, 3.63) is 71.7 Å². The summed E-state index contributed by atoms with van der Waals surface area (Å²) >= 11 is 5.98. The number of hydrogen-bond donors (Lipinski definition) is 1. The van der Waals surface area contributed by atoms with Gasteiger partial charge in [0.1, 0.15) is 22.9 Å². The van der Waals surface area contributed by atoms with E-state index in [2.05, 4.69) is 0 Å². The Morgan fingerprint density at radius 1 is 1.08 bits per heavy atom. The Hall–Kier alpha value is -2.60. The van der Waals surface area contributed by atoms with E-state index in [1.165, 1.54) is 24.4 Å². The number of benzene rings is 2. The van der Waals surface area contributed by atoms with Crippen LogP contribution in [0.3, 0.4) is 0 Å². The van der Waals surface area contributed by atoms with E-state index in [-0.39, 0.29) is 17.1 Å². The highest BCUT2D eigenvalue weighted by Gasteiger charge is 2.22. The van der Waals surface area contributed by atoms with Crippen molar-refractivity contribution in [2.45, 2.75) is 5.50 Å². The molecule has 0 saturated carbocycles. The molecular formula is C18H14ClF3N2O. The second-order valence-corrected chi connectivity index (χ2v) is 5.98. The van der Waals surface area contributed by atoms with Crippen LogP contribution in [0.15, 0.2) is 54.5 Å². The van der Waals surface area contributed by atoms with Crippen LogP contribution in [0.2, 0.25) is 0 Å². The van der Waals surface area contributed by atoms with Crippen molar-refractivity contribution < 1.29 is 17.9 Å². The zero-order valence-electron chi connectivity index (χ0n) is 13.1. The minimum atomic E-state index is -0.866. The van der Waals surface area contributed by atoms with Crippen molar-refractivity contribution in [3.63, 3.8) is 0 Å². The molecule has 0 amide bonds. The minimum absolute atomic E-state index is 0.177. The number of anilines is 1. The molecule has 0 spiro atoms. The molecule has 0 radical (unpaired) electrons. The normalized spacial score (nSPS) is 17.2. The maximum absolute atomic E-state index is 14.4. The lowest BCUT2D eigenvalue weighted by Gasteiger charge is -2.25. The van der Waals surface area contributed by atoms with Gasteiger partial charge in [0, 0.05) is 36.1 Å². The highest BCUT2D eigenvalue weighted by Crippen LogP contribution is 2.38. The highest BCUT2D eigenvalue weighted by atomic mass is 35.5. The maximum atomic E-state index is 14.4. The van der Waals surface area contributed by atoms with Gasteiger partial charge in [0.15, 0.2) is 11.6 Å². The SMILES string of the molecule is CN1C=C(c2cc(N)ccc2Oc2ccc(F)cc2F)C(F)=CC1Cl. The fourth-order valence-electron chi connectivity index (χ4n) is 2.39. The summed E-state index contributed by atoms with van der Waals surface area (Å²) in [6.07, 6.45) is 2.75. The van der Waals surface area contributed by atoms with Gasteiger partial charge < -0.3 is 15.4 Å². The van der Waals surface area contributed by atoms with Crippen LogP contribution in [0.25, 0.3) is 5.57 Å². The molecule has 1 aliphatic heterocycles. The Balaban J connectivity index is 2.05. The molecule has 2 N–H and O–H groups in total. The van der Waals surface area contributed by atoms with E-state index in [1.807, 2.05) is 0 Å². The Morgan fingerprint density at radius 3 is 2.52 bits per heavy atom. The molecule has 25 heavy (non-hydrogen) atoms. The molecule has 1 unspecified atom stereocenters. The van der Waals surface area contributed by atoms with Crippen molar-refractivity contribution in [2.75, 3.05) is 12.8 Å². The van der Waals surface area contributed by atoms with Crippen LogP contribution in [0.4, 0.5) is 18.9 Å². The van der Waals surface area contributed by atoms with E-state index in [0.717, 1.165) is 12.1 Å². The lowest BCUT2D eigenvalue weighted by molar-refractivity contribution is 0.434. The molecule has 1 aliphatic rings. The van der Waals surface area contributed by atoms with Gasteiger partial charge in [-0.1, -0.05) is 11.6 Å². The fraction of sp³-hybridized carbons (Fsp3) is 0.111. The van der Waals surface area contributed by atoms with Gasteiger partial charge in [0.2, 0.25) is 0 Å². The molecule has 2 aromatic rings. The Labute approximate surface area is 147 Å². The van der Waals surface area contributed by atoms with Crippen molar-refractivity contribution in [2.24, 2.45) is 0 Å². The first-order valence-corrected chi connectivity index (χ1v) is 7.77. The van der Waals surface area contributed by atoms with E-state index in [9.17, 15) is 13.2 Å². The predicted octanol–water partition coefficient (Wildman–Crippen LogP) is 5.04. The number of rotatable bonds is 3. The molecule has 3 nitrogen and oxygen atoms in total. The third kappa shape index (κ3) is 3.58. The van der Waals surface area contributed by atoms with Crippen molar-refractivity contribution in [1.82, 2.24) is 4.90 Å². The standard InChI is InChI=1S/C18H14ClF3N2O/c1-24-9-13(14(21)8-18(24)19)12-7-11(23)3-5-16(12)25-17-4-2-10(20)6-15(17)22/h2-9,18H,23H2,1H3. The van der Waals surface area contributed by atoms with Crippen LogP contribution < -0.4 is 10.5 Å². The first-order chi connectivity index (χ1) is 11.8. The van der Waals surface area contributed by atoms with Crippen molar-refractivity contribution in [1.29, 1.82) is 0 Å². The molecule has 7 heteroatoms. The zero-order chi connectivity index (χ0) is 18.1. The second kappa shape index (κ2) is 6.72. The molecule has 0 fully saturated rings. The second-order valence-electron chi connectivity index (χ2n) is 5.53. The molecule has 130 valence electrons. The van der Waals surface area contributed by atoms with Gasteiger partial charge in [-0.2, -0.15) is 0 Å². The number of nitrogen functional groups attached to an aromatic ring is 1. The van der Waals surface area contributed by atoms with Crippen molar-refractivity contribution >= 4 is 22.9 Å². The van der Waals surface area contributed by atoms with Crippen LogP contribution in [-0.4, -0.2) is 17.4 Å². The number of allylic oxidation sites excluding steroid dienone is 2. The van der Waals surface area contributed by atoms with Crippen LogP contribution in [-0.2, 0) is 0 Å². The van der Waals surface area contributed by atoms with Gasteiger partial charge >= 0.3 is 0 Å². The number of ether oxygens (including phenoxy) is 1. The molecular weight excluding hydrogens is 353 g/mol. The average molecular weight is 367 g/mol. The summed E-state index contributed by atoms with van der Waals surface area (Å²) in [6.45, 7) is 0. The van der Waals surface area contributed by atoms with Crippen LogP contribution in [0.1, 0.15) is 5.56 Å². The predicted molar refractivity (Wildman–Crippen MR) is 91.9 cm³/mol. The first-order valence-electron chi connectivity index (χ1n) is 7.33. The molecule has 0 bridgehead atoms. The Morgan fingerprint density at radius 2 is 1.80 bits per heavy atom. The van der Waals surface area contributed by atoms with Gasteiger partial charge in [0.05, 0.1) is 0 Å². The number of halogens is 4. The fourth-order valence-corrected chi connectivity index (χ4v) is 2.55. The molecule has 1 heterocycles. The maximum Gasteiger partial charge on any atom is 0.168 e. The monoisotopic (exact) mass is 366 g/mol.